The predicted molar refractivity (Wildman–Crippen MR) is 102 cm³/mol. The zero-order chi connectivity index (χ0) is 18.7. The summed E-state index contributed by atoms with van der Waals surface area (Å²) < 4.78 is 26.3. The molecule has 0 bridgehead atoms. The molecule has 0 fully saturated rings. The molecule has 0 aromatic heterocycles. The number of phosphoric ester groups is 1. The molecular formula is C18H18NO5PS. The molecule has 0 radical (unpaired) electrons. The van der Waals surface area contributed by atoms with Crippen LogP contribution in [-0.4, -0.2) is 20.1 Å². The van der Waals surface area contributed by atoms with Gasteiger partial charge in [-0.3, -0.25) is 18.7 Å². The maximum absolute atomic E-state index is 12.3. The molecule has 0 unspecified atom stereocenters. The number of benzene rings is 2. The van der Waals surface area contributed by atoms with E-state index < -0.39 is 7.82 Å². The molecule has 136 valence electrons. The van der Waals surface area contributed by atoms with Gasteiger partial charge in [-0.15, -0.1) is 0 Å². The fraction of sp³-hybridized carbons (Fsp3) is 0.167. The number of anilines is 2. The Labute approximate surface area is 156 Å². The number of phosphoric acid groups is 1. The number of para-hydroxylation sites is 1. The lowest BCUT2D eigenvalue weighted by atomic mass is 10.1. The number of hydrogen-bond donors (Lipinski definition) is 0. The van der Waals surface area contributed by atoms with E-state index in [-0.39, 0.29) is 5.91 Å². The second-order valence-corrected chi connectivity index (χ2v) is 8.29. The summed E-state index contributed by atoms with van der Waals surface area (Å²) in [5.74, 6) is -0.0698. The summed E-state index contributed by atoms with van der Waals surface area (Å²) in [5.41, 5.74) is 2.44. The van der Waals surface area contributed by atoms with Gasteiger partial charge in [0, 0.05) is 30.9 Å². The van der Waals surface area contributed by atoms with Gasteiger partial charge in [0.05, 0.1) is 17.6 Å². The Balaban J connectivity index is 1.92. The van der Waals surface area contributed by atoms with Gasteiger partial charge < -0.3 is 4.52 Å². The number of carbonyl (C=O) groups excluding carboxylic acids is 1. The van der Waals surface area contributed by atoms with Gasteiger partial charge in [0.15, 0.2) is 0 Å². The first-order chi connectivity index (χ1) is 12.5. The maximum Gasteiger partial charge on any atom is 0.528 e. The minimum Gasteiger partial charge on any atom is -0.412 e. The largest absolute Gasteiger partial charge is 0.528 e. The molecule has 1 aliphatic rings. The van der Waals surface area contributed by atoms with Crippen LogP contribution in [-0.2, 0) is 22.9 Å². The summed E-state index contributed by atoms with van der Waals surface area (Å²) in [5, 5.41) is 0. The van der Waals surface area contributed by atoms with Crippen molar-refractivity contribution in [1.29, 1.82) is 0 Å². The SMILES string of the molecule is COP(=O)(OC)OC=Cc1ccc2c(c1)N(C(C)=O)c1ccccc1S2. The molecule has 0 spiro atoms. The van der Waals surface area contributed by atoms with Gasteiger partial charge in [-0.1, -0.05) is 30.0 Å². The first-order valence-corrected chi connectivity index (χ1v) is 10.0. The van der Waals surface area contributed by atoms with Crippen LogP contribution in [0.25, 0.3) is 6.08 Å². The van der Waals surface area contributed by atoms with Gasteiger partial charge in [0.1, 0.15) is 0 Å². The lowest BCUT2D eigenvalue weighted by Gasteiger charge is -2.30. The monoisotopic (exact) mass is 391 g/mol. The lowest BCUT2D eigenvalue weighted by molar-refractivity contribution is -0.115. The van der Waals surface area contributed by atoms with Crippen LogP contribution in [0.2, 0.25) is 0 Å². The Morgan fingerprint density at radius 1 is 1.08 bits per heavy atom. The van der Waals surface area contributed by atoms with E-state index in [1.54, 1.807) is 22.7 Å². The summed E-state index contributed by atoms with van der Waals surface area (Å²) in [6.45, 7) is 1.54. The molecule has 26 heavy (non-hydrogen) atoms. The number of amides is 1. The number of carbonyl (C=O) groups is 1. The Morgan fingerprint density at radius 3 is 2.46 bits per heavy atom. The maximum atomic E-state index is 12.3. The van der Waals surface area contributed by atoms with Crippen LogP contribution in [0.5, 0.6) is 0 Å². The van der Waals surface area contributed by atoms with Crippen LogP contribution >= 0.6 is 19.6 Å². The van der Waals surface area contributed by atoms with Crippen LogP contribution in [0.15, 0.2) is 58.5 Å². The number of rotatable bonds is 5. The zero-order valence-corrected chi connectivity index (χ0v) is 16.3. The minimum atomic E-state index is -3.57. The van der Waals surface area contributed by atoms with Crippen molar-refractivity contribution in [2.45, 2.75) is 16.7 Å². The van der Waals surface area contributed by atoms with Gasteiger partial charge >= 0.3 is 7.82 Å². The standard InChI is InChI=1S/C18H18NO5PS/c1-13(20)19-15-6-4-5-7-17(15)26-18-9-8-14(12-16(18)19)10-11-24-25(21,22-2)23-3/h4-12H,1-3H3. The van der Waals surface area contributed by atoms with E-state index >= 15 is 0 Å². The highest BCUT2D eigenvalue weighted by molar-refractivity contribution is 7.99. The molecular weight excluding hydrogens is 373 g/mol. The van der Waals surface area contributed by atoms with Crippen molar-refractivity contribution in [1.82, 2.24) is 0 Å². The number of nitrogens with zero attached hydrogens (tertiary/aromatic N) is 1. The van der Waals surface area contributed by atoms with Crippen molar-refractivity contribution in [3.05, 3.63) is 54.3 Å². The minimum absolute atomic E-state index is 0.0698. The Hall–Kier alpha value is -2.05. The van der Waals surface area contributed by atoms with E-state index in [0.717, 1.165) is 26.7 Å². The molecule has 0 atom stereocenters. The van der Waals surface area contributed by atoms with Crippen molar-refractivity contribution in [3.63, 3.8) is 0 Å². The second kappa shape index (κ2) is 7.68. The molecule has 0 saturated carbocycles. The van der Waals surface area contributed by atoms with Crippen LogP contribution in [0, 0.1) is 0 Å². The molecule has 6 nitrogen and oxygen atoms in total. The molecule has 0 N–H and O–H groups in total. The molecule has 8 heteroatoms. The summed E-state index contributed by atoms with van der Waals surface area (Å²) in [7, 11) is -1.08. The normalized spacial score (nSPS) is 13.4. The van der Waals surface area contributed by atoms with Gasteiger partial charge in [-0.25, -0.2) is 4.57 Å². The summed E-state index contributed by atoms with van der Waals surface area (Å²) >= 11 is 1.61. The summed E-state index contributed by atoms with van der Waals surface area (Å²) in [4.78, 5) is 16.0. The third kappa shape index (κ3) is 3.71. The number of fused-ring (bicyclic) bond motifs is 2. The molecule has 1 amide bonds. The highest BCUT2D eigenvalue weighted by atomic mass is 32.2. The van der Waals surface area contributed by atoms with E-state index in [4.69, 9.17) is 13.6 Å². The molecule has 3 rings (SSSR count). The first-order valence-electron chi connectivity index (χ1n) is 7.75. The van der Waals surface area contributed by atoms with Crippen LogP contribution in [0.1, 0.15) is 12.5 Å². The van der Waals surface area contributed by atoms with E-state index in [9.17, 15) is 9.36 Å². The number of hydrogen-bond acceptors (Lipinski definition) is 6. The fourth-order valence-corrected chi connectivity index (χ4v) is 4.13. The van der Waals surface area contributed by atoms with Gasteiger partial charge in [-0.05, 0) is 35.9 Å². The smallest absolute Gasteiger partial charge is 0.412 e. The Bertz CT molecular complexity index is 906. The topological polar surface area (TPSA) is 65.1 Å². The third-order valence-electron chi connectivity index (χ3n) is 3.76. The van der Waals surface area contributed by atoms with Crippen LogP contribution in [0.4, 0.5) is 11.4 Å². The quantitative estimate of drug-likeness (QED) is 0.514. The van der Waals surface area contributed by atoms with Crippen LogP contribution < -0.4 is 4.90 Å². The highest BCUT2D eigenvalue weighted by Gasteiger charge is 2.26. The molecule has 0 saturated heterocycles. The highest BCUT2D eigenvalue weighted by Crippen LogP contribution is 2.49. The van der Waals surface area contributed by atoms with E-state index in [2.05, 4.69) is 0 Å². The van der Waals surface area contributed by atoms with Gasteiger partial charge in [0.2, 0.25) is 5.91 Å². The zero-order valence-electron chi connectivity index (χ0n) is 14.5. The van der Waals surface area contributed by atoms with Gasteiger partial charge in [0.25, 0.3) is 0 Å². The first kappa shape index (κ1) is 18.7. The van der Waals surface area contributed by atoms with E-state index in [1.165, 1.54) is 27.4 Å². The van der Waals surface area contributed by atoms with Gasteiger partial charge in [-0.2, -0.15) is 0 Å². The predicted octanol–water partition coefficient (Wildman–Crippen LogP) is 5.22. The van der Waals surface area contributed by atoms with E-state index in [0.29, 0.717) is 0 Å². The summed E-state index contributed by atoms with van der Waals surface area (Å²) in [6.07, 6.45) is 2.89. The average Bonchev–Trinajstić information content (AvgIpc) is 2.65. The molecule has 0 aliphatic carbocycles. The van der Waals surface area contributed by atoms with Crippen molar-refractivity contribution in [2.24, 2.45) is 0 Å². The fourth-order valence-electron chi connectivity index (χ4n) is 2.56. The molecule has 2 aromatic carbocycles. The van der Waals surface area contributed by atoms with Crippen molar-refractivity contribution in [3.8, 4) is 0 Å². The Morgan fingerprint density at radius 2 is 1.77 bits per heavy atom. The molecule has 2 aromatic rings. The Kier molecular flexibility index (Phi) is 5.53. The average molecular weight is 391 g/mol. The molecule has 1 heterocycles. The van der Waals surface area contributed by atoms with Crippen molar-refractivity contribution < 1.29 is 22.9 Å². The molecule has 1 aliphatic heterocycles. The lowest BCUT2D eigenvalue weighted by Crippen LogP contribution is -2.25. The summed E-state index contributed by atoms with van der Waals surface area (Å²) in [6, 6.07) is 13.5. The van der Waals surface area contributed by atoms with E-state index in [1.807, 2.05) is 42.5 Å². The third-order valence-corrected chi connectivity index (χ3v) is 6.17. The second-order valence-electron chi connectivity index (χ2n) is 5.37. The van der Waals surface area contributed by atoms with Crippen molar-refractivity contribution in [2.75, 3.05) is 19.1 Å². The van der Waals surface area contributed by atoms with Crippen molar-refractivity contribution >= 4 is 42.9 Å². The van der Waals surface area contributed by atoms with Crippen LogP contribution in [0.3, 0.4) is 0 Å².